The summed E-state index contributed by atoms with van der Waals surface area (Å²) in [4.78, 5) is 23.6. The minimum atomic E-state index is -0.0246. The van der Waals surface area contributed by atoms with Gasteiger partial charge in [0.1, 0.15) is 0 Å². The van der Waals surface area contributed by atoms with Crippen LogP contribution >= 0.6 is 0 Å². The molecule has 3 nitrogen and oxygen atoms in total. The van der Waals surface area contributed by atoms with E-state index in [2.05, 4.69) is 5.32 Å². The van der Waals surface area contributed by atoms with Crippen LogP contribution < -0.4 is 5.32 Å². The number of rotatable bonds is 3. The zero-order valence-electron chi connectivity index (χ0n) is 9.66. The number of fused-ring (bicyclic) bond motifs is 1. The monoisotopic (exact) mass is 229 g/mol. The molecule has 3 heteroatoms. The van der Waals surface area contributed by atoms with Crippen molar-refractivity contribution in [2.45, 2.75) is 25.7 Å². The summed E-state index contributed by atoms with van der Waals surface area (Å²) in [5, 5.41) is 2.96. The maximum absolute atomic E-state index is 12.0. The Morgan fingerprint density at radius 3 is 2.88 bits per heavy atom. The summed E-state index contributed by atoms with van der Waals surface area (Å²) in [5.41, 5.74) is 2.36. The Balaban J connectivity index is 1.82. The number of hydrogen-bond donors (Lipinski definition) is 1. The first-order chi connectivity index (χ1) is 8.25. The molecule has 2 aliphatic rings. The molecule has 0 unspecified atom stereocenters. The van der Waals surface area contributed by atoms with E-state index < -0.39 is 0 Å². The largest absolute Gasteiger partial charge is 0.352 e. The van der Waals surface area contributed by atoms with E-state index in [1.165, 1.54) is 12.8 Å². The molecule has 0 heterocycles. The molecule has 0 atom stereocenters. The molecule has 1 saturated carbocycles. The van der Waals surface area contributed by atoms with Crippen molar-refractivity contribution in [3.8, 4) is 0 Å². The van der Waals surface area contributed by atoms with Crippen LogP contribution in [0.5, 0.6) is 0 Å². The zero-order valence-corrected chi connectivity index (χ0v) is 9.66. The predicted octanol–water partition coefficient (Wildman–Crippen LogP) is 1.96. The lowest BCUT2D eigenvalue weighted by molar-refractivity contribution is 0.0950. The molecule has 0 aliphatic heterocycles. The van der Waals surface area contributed by atoms with Crippen molar-refractivity contribution in [2.24, 2.45) is 5.92 Å². The highest BCUT2D eigenvalue weighted by Crippen LogP contribution is 2.28. The van der Waals surface area contributed by atoms with Crippen molar-refractivity contribution >= 4 is 11.7 Å². The number of benzene rings is 1. The van der Waals surface area contributed by atoms with Crippen LogP contribution in [-0.2, 0) is 6.42 Å². The Labute approximate surface area is 100 Å². The standard InChI is InChI=1S/C14H15NO2/c16-13-7-6-10-11(13)2-1-3-12(10)14(17)15-8-9-4-5-9/h1-3,9H,4-8H2,(H,15,17). The van der Waals surface area contributed by atoms with Gasteiger partial charge in [0, 0.05) is 24.1 Å². The molecule has 0 saturated heterocycles. The number of amides is 1. The van der Waals surface area contributed by atoms with Crippen LogP contribution in [-0.4, -0.2) is 18.2 Å². The molecule has 1 amide bonds. The molecule has 1 aromatic carbocycles. The summed E-state index contributed by atoms with van der Waals surface area (Å²) in [6, 6.07) is 5.44. The number of ketones is 1. The van der Waals surface area contributed by atoms with Crippen molar-refractivity contribution in [3.63, 3.8) is 0 Å². The molecular formula is C14H15NO2. The van der Waals surface area contributed by atoms with Crippen LogP contribution in [0.3, 0.4) is 0 Å². The average Bonchev–Trinajstić information content (AvgIpc) is 3.10. The second-order valence-corrected chi connectivity index (χ2v) is 4.91. The smallest absolute Gasteiger partial charge is 0.251 e. The minimum absolute atomic E-state index is 0.0246. The van der Waals surface area contributed by atoms with Crippen LogP contribution in [0, 0.1) is 5.92 Å². The van der Waals surface area contributed by atoms with Gasteiger partial charge in [-0.3, -0.25) is 9.59 Å². The first-order valence-corrected chi connectivity index (χ1v) is 6.19. The molecule has 2 aliphatic carbocycles. The molecule has 1 fully saturated rings. The lowest BCUT2D eigenvalue weighted by Gasteiger charge is -2.08. The number of carbonyl (C=O) groups is 2. The first kappa shape index (κ1) is 10.5. The van der Waals surface area contributed by atoms with E-state index in [1.54, 1.807) is 6.07 Å². The number of carbonyl (C=O) groups excluding carboxylic acids is 2. The third kappa shape index (κ3) is 1.97. The number of hydrogen-bond acceptors (Lipinski definition) is 2. The van der Waals surface area contributed by atoms with Crippen LogP contribution in [0.25, 0.3) is 0 Å². The fraction of sp³-hybridized carbons (Fsp3) is 0.429. The third-order valence-electron chi connectivity index (χ3n) is 3.57. The molecule has 88 valence electrons. The molecule has 0 bridgehead atoms. The van der Waals surface area contributed by atoms with Gasteiger partial charge in [0.25, 0.3) is 5.91 Å². The van der Waals surface area contributed by atoms with Crippen molar-refractivity contribution in [1.29, 1.82) is 0 Å². The van der Waals surface area contributed by atoms with E-state index in [0.717, 1.165) is 17.7 Å². The SMILES string of the molecule is O=C1CCc2c1cccc2C(=O)NCC1CC1. The van der Waals surface area contributed by atoms with Crippen LogP contribution in [0.2, 0.25) is 0 Å². The number of Topliss-reactive ketones (excluding diaryl/α,β-unsaturated/α-hetero) is 1. The summed E-state index contributed by atoms with van der Waals surface area (Å²) in [6.07, 6.45) is 3.71. The van der Waals surface area contributed by atoms with Gasteiger partial charge in [-0.15, -0.1) is 0 Å². The summed E-state index contributed by atoms with van der Waals surface area (Å²) in [7, 11) is 0. The Morgan fingerprint density at radius 2 is 2.12 bits per heavy atom. The highest BCUT2D eigenvalue weighted by atomic mass is 16.1. The molecule has 0 aromatic heterocycles. The molecule has 0 radical (unpaired) electrons. The van der Waals surface area contributed by atoms with E-state index in [-0.39, 0.29) is 11.7 Å². The second kappa shape index (κ2) is 3.99. The maximum Gasteiger partial charge on any atom is 0.251 e. The Morgan fingerprint density at radius 1 is 1.29 bits per heavy atom. The molecule has 1 aromatic rings. The Hall–Kier alpha value is -1.64. The molecule has 1 N–H and O–H groups in total. The summed E-state index contributed by atoms with van der Waals surface area (Å²) < 4.78 is 0. The fourth-order valence-electron chi connectivity index (χ4n) is 2.36. The average molecular weight is 229 g/mol. The van der Waals surface area contributed by atoms with Gasteiger partial charge < -0.3 is 5.32 Å². The van der Waals surface area contributed by atoms with Gasteiger partial charge in [0.15, 0.2) is 5.78 Å². The normalized spacial score (nSPS) is 18.0. The van der Waals surface area contributed by atoms with Crippen LogP contribution in [0.1, 0.15) is 45.5 Å². The van der Waals surface area contributed by atoms with E-state index >= 15 is 0 Å². The topological polar surface area (TPSA) is 46.2 Å². The van der Waals surface area contributed by atoms with Crippen molar-refractivity contribution in [1.82, 2.24) is 5.32 Å². The highest BCUT2D eigenvalue weighted by Gasteiger charge is 2.26. The van der Waals surface area contributed by atoms with E-state index in [9.17, 15) is 9.59 Å². The number of nitrogens with one attached hydrogen (secondary N) is 1. The highest BCUT2D eigenvalue weighted by molar-refractivity contribution is 6.05. The van der Waals surface area contributed by atoms with Gasteiger partial charge in [-0.1, -0.05) is 12.1 Å². The van der Waals surface area contributed by atoms with Gasteiger partial charge in [-0.2, -0.15) is 0 Å². The summed E-state index contributed by atoms with van der Waals surface area (Å²) >= 11 is 0. The van der Waals surface area contributed by atoms with Gasteiger partial charge in [-0.05, 0) is 36.8 Å². The quantitative estimate of drug-likeness (QED) is 0.861. The molecule has 17 heavy (non-hydrogen) atoms. The van der Waals surface area contributed by atoms with Crippen molar-refractivity contribution in [3.05, 3.63) is 34.9 Å². The predicted molar refractivity (Wildman–Crippen MR) is 64.2 cm³/mol. The lowest BCUT2D eigenvalue weighted by Crippen LogP contribution is -2.26. The van der Waals surface area contributed by atoms with Gasteiger partial charge in [0.2, 0.25) is 0 Å². The van der Waals surface area contributed by atoms with E-state index in [0.29, 0.717) is 24.3 Å². The van der Waals surface area contributed by atoms with E-state index in [4.69, 9.17) is 0 Å². The minimum Gasteiger partial charge on any atom is -0.352 e. The van der Waals surface area contributed by atoms with Crippen LogP contribution in [0.4, 0.5) is 0 Å². The zero-order chi connectivity index (χ0) is 11.8. The van der Waals surface area contributed by atoms with Crippen molar-refractivity contribution in [2.75, 3.05) is 6.54 Å². The Kier molecular flexibility index (Phi) is 2.46. The van der Waals surface area contributed by atoms with Crippen molar-refractivity contribution < 1.29 is 9.59 Å². The van der Waals surface area contributed by atoms with Crippen LogP contribution in [0.15, 0.2) is 18.2 Å². The molecule has 0 spiro atoms. The van der Waals surface area contributed by atoms with Gasteiger partial charge in [0.05, 0.1) is 0 Å². The Bertz CT molecular complexity index is 489. The summed E-state index contributed by atoms with van der Waals surface area (Å²) in [6.45, 7) is 0.774. The van der Waals surface area contributed by atoms with Gasteiger partial charge >= 0.3 is 0 Å². The molecular weight excluding hydrogens is 214 g/mol. The second-order valence-electron chi connectivity index (χ2n) is 4.91. The van der Waals surface area contributed by atoms with E-state index in [1.807, 2.05) is 12.1 Å². The first-order valence-electron chi connectivity index (χ1n) is 6.19. The molecule has 3 rings (SSSR count). The fourth-order valence-corrected chi connectivity index (χ4v) is 2.36. The van der Waals surface area contributed by atoms with Gasteiger partial charge in [-0.25, -0.2) is 0 Å². The maximum atomic E-state index is 12.0. The summed E-state index contributed by atoms with van der Waals surface area (Å²) in [5.74, 6) is 0.817. The lowest BCUT2D eigenvalue weighted by atomic mass is 10.0. The third-order valence-corrected chi connectivity index (χ3v) is 3.57.